The number of carbonyl (C=O) groups is 2. The van der Waals surface area contributed by atoms with Gasteiger partial charge in [-0.1, -0.05) is 23.7 Å². The van der Waals surface area contributed by atoms with E-state index in [1.807, 2.05) is 0 Å². The summed E-state index contributed by atoms with van der Waals surface area (Å²) >= 11 is 6.43. The van der Waals surface area contributed by atoms with Crippen LogP contribution in [0, 0.1) is 5.82 Å². The third kappa shape index (κ3) is 4.41. The maximum atomic E-state index is 14.1. The highest BCUT2D eigenvalue weighted by Crippen LogP contribution is 2.32. The number of amides is 2. The van der Waals surface area contributed by atoms with E-state index in [0.717, 1.165) is 0 Å². The highest BCUT2D eigenvalue weighted by atomic mass is 35.5. The number of carbonyl (C=O) groups excluding carboxylic acids is 2. The van der Waals surface area contributed by atoms with Crippen LogP contribution in [0.15, 0.2) is 59.5 Å². The largest absolute Gasteiger partial charge is 0.472 e. The molecule has 1 aliphatic rings. The molecule has 186 valence electrons. The van der Waals surface area contributed by atoms with E-state index in [4.69, 9.17) is 16.0 Å². The van der Waals surface area contributed by atoms with Gasteiger partial charge in [0, 0.05) is 36.0 Å². The first kappa shape index (κ1) is 23.9. The van der Waals surface area contributed by atoms with Crippen molar-refractivity contribution in [2.75, 3.05) is 24.5 Å². The number of hydrogen-bond acceptors (Lipinski definition) is 4. The lowest BCUT2D eigenvalue weighted by Gasteiger charge is -2.34. The second-order valence-electron chi connectivity index (χ2n) is 8.23. The summed E-state index contributed by atoms with van der Waals surface area (Å²) in [6.07, 6.45) is -1.61. The predicted octanol–water partition coefficient (Wildman–Crippen LogP) is 4.98. The van der Waals surface area contributed by atoms with Gasteiger partial charge in [-0.25, -0.2) is 9.37 Å². The lowest BCUT2D eigenvalue weighted by atomic mass is 10.1. The molecule has 4 heterocycles. The number of nitrogens with zero attached hydrogens (tertiary/aromatic N) is 4. The van der Waals surface area contributed by atoms with E-state index < -0.39 is 30.2 Å². The van der Waals surface area contributed by atoms with E-state index in [0.29, 0.717) is 11.1 Å². The Morgan fingerprint density at radius 2 is 1.92 bits per heavy atom. The van der Waals surface area contributed by atoms with Crippen molar-refractivity contribution >= 4 is 34.7 Å². The standard InChI is InChI=1S/C24H17ClF4N4O3/c25-21-20(23(35)31-6-7-32(19(34)12-31)18-4-2-1-3-17(18)26)30-22-15(10-24(27,28)29)9-16(11-33(21)22)14-5-8-36-13-14/h1-5,8-9,11,13H,6-7,10,12H2. The minimum Gasteiger partial charge on any atom is -0.472 e. The summed E-state index contributed by atoms with van der Waals surface area (Å²) in [5, 5.41) is -0.187. The average molecular weight is 521 g/mol. The first-order valence-electron chi connectivity index (χ1n) is 10.8. The van der Waals surface area contributed by atoms with Gasteiger partial charge in [0.1, 0.15) is 23.2 Å². The fourth-order valence-corrected chi connectivity index (χ4v) is 4.43. The zero-order valence-electron chi connectivity index (χ0n) is 18.4. The molecular formula is C24H17ClF4N4O3. The van der Waals surface area contributed by atoms with Gasteiger partial charge in [0.05, 0.1) is 24.6 Å². The maximum absolute atomic E-state index is 14.1. The highest BCUT2D eigenvalue weighted by molar-refractivity contribution is 6.33. The maximum Gasteiger partial charge on any atom is 0.393 e. The number of halogens is 5. The minimum atomic E-state index is -4.53. The van der Waals surface area contributed by atoms with Crippen LogP contribution in [0.4, 0.5) is 23.2 Å². The predicted molar refractivity (Wildman–Crippen MR) is 122 cm³/mol. The Bertz CT molecular complexity index is 1470. The van der Waals surface area contributed by atoms with Gasteiger partial charge in [-0.05, 0) is 24.3 Å². The van der Waals surface area contributed by atoms with Gasteiger partial charge in [-0.2, -0.15) is 13.2 Å². The number of fused-ring (bicyclic) bond motifs is 1. The van der Waals surface area contributed by atoms with Gasteiger partial charge in [-0.3, -0.25) is 14.0 Å². The third-order valence-corrected chi connectivity index (χ3v) is 6.20. The summed E-state index contributed by atoms with van der Waals surface area (Å²) in [6.45, 7) is -0.285. The van der Waals surface area contributed by atoms with Gasteiger partial charge in [0.25, 0.3) is 5.91 Å². The molecule has 1 saturated heterocycles. The van der Waals surface area contributed by atoms with Crippen molar-refractivity contribution in [3.8, 4) is 11.1 Å². The third-order valence-electron chi connectivity index (χ3n) is 5.84. The van der Waals surface area contributed by atoms with Gasteiger partial charge >= 0.3 is 6.18 Å². The number of furan rings is 1. The molecule has 0 spiro atoms. The number of anilines is 1. The van der Waals surface area contributed by atoms with E-state index in [1.54, 1.807) is 12.1 Å². The summed E-state index contributed by atoms with van der Waals surface area (Å²) in [5.41, 5.74) is 0.433. The van der Waals surface area contributed by atoms with Crippen LogP contribution in [-0.4, -0.2) is 51.9 Å². The van der Waals surface area contributed by atoms with Crippen molar-refractivity contribution < 1.29 is 31.6 Å². The molecule has 0 saturated carbocycles. The molecule has 0 N–H and O–H groups in total. The molecule has 4 aromatic rings. The van der Waals surface area contributed by atoms with Gasteiger partial charge in [0.2, 0.25) is 5.91 Å². The topological polar surface area (TPSA) is 71.1 Å². The summed E-state index contributed by atoms with van der Waals surface area (Å²) < 4.78 is 60.3. The molecule has 1 fully saturated rings. The van der Waals surface area contributed by atoms with Crippen LogP contribution in [0.5, 0.6) is 0 Å². The van der Waals surface area contributed by atoms with Crippen LogP contribution >= 0.6 is 11.6 Å². The molecule has 0 atom stereocenters. The number of pyridine rings is 1. The number of aromatic nitrogens is 2. The Labute approximate surface area is 206 Å². The molecule has 0 unspecified atom stereocenters. The number of hydrogen-bond donors (Lipinski definition) is 0. The zero-order chi connectivity index (χ0) is 25.6. The normalized spacial score (nSPS) is 14.6. The number of benzene rings is 1. The van der Waals surface area contributed by atoms with Gasteiger partial charge < -0.3 is 14.2 Å². The quantitative estimate of drug-likeness (QED) is 0.356. The van der Waals surface area contributed by atoms with E-state index in [2.05, 4.69) is 4.98 Å². The second kappa shape index (κ2) is 8.98. The SMILES string of the molecule is O=C(c1nc2c(CC(F)(F)F)cc(-c3ccoc3)cn2c1Cl)N1CCN(c2ccccc2F)C(=O)C1. The van der Waals surface area contributed by atoms with Crippen LogP contribution in [0.25, 0.3) is 16.8 Å². The molecule has 1 aliphatic heterocycles. The average Bonchev–Trinajstić information content (AvgIpc) is 3.47. The first-order chi connectivity index (χ1) is 17.1. The summed E-state index contributed by atoms with van der Waals surface area (Å²) in [6, 6.07) is 8.68. The zero-order valence-corrected chi connectivity index (χ0v) is 19.2. The van der Waals surface area contributed by atoms with Crippen molar-refractivity contribution in [1.29, 1.82) is 0 Å². The van der Waals surface area contributed by atoms with E-state index >= 15 is 0 Å². The molecule has 36 heavy (non-hydrogen) atoms. The van der Waals surface area contributed by atoms with Crippen LogP contribution in [0.1, 0.15) is 16.1 Å². The fraction of sp³-hybridized carbons (Fsp3) is 0.208. The minimum absolute atomic E-state index is 0.0282. The van der Waals surface area contributed by atoms with Crippen LogP contribution in [0.2, 0.25) is 5.15 Å². The molecule has 5 rings (SSSR count). The number of rotatable bonds is 4. The first-order valence-corrected chi connectivity index (χ1v) is 11.1. The van der Waals surface area contributed by atoms with E-state index in [9.17, 15) is 27.2 Å². The molecule has 0 bridgehead atoms. The number of alkyl halides is 3. The van der Waals surface area contributed by atoms with Crippen LogP contribution in [-0.2, 0) is 11.2 Å². The van der Waals surface area contributed by atoms with Gasteiger partial charge in [0.15, 0.2) is 5.69 Å². The van der Waals surface area contributed by atoms with E-state index in [1.165, 1.54) is 57.2 Å². The number of imidazole rings is 1. The number of para-hydroxylation sites is 1. The number of piperazine rings is 1. The highest BCUT2D eigenvalue weighted by Gasteiger charge is 2.34. The van der Waals surface area contributed by atoms with E-state index in [-0.39, 0.29) is 47.4 Å². The molecule has 0 radical (unpaired) electrons. The molecule has 2 amide bonds. The van der Waals surface area contributed by atoms with Crippen molar-refractivity contribution in [2.45, 2.75) is 12.6 Å². The lowest BCUT2D eigenvalue weighted by molar-refractivity contribution is -0.127. The Morgan fingerprint density at radius 1 is 1.14 bits per heavy atom. The van der Waals surface area contributed by atoms with Crippen LogP contribution in [0.3, 0.4) is 0 Å². The van der Waals surface area contributed by atoms with Crippen molar-refractivity contribution in [2.24, 2.45) is 0 Å². The lowest BCUT2D eigenvalue weighted by Crippen LogP contribution is -2.52. The van der Waals surface area contributed by atoms with Crippen molar-refractivity contribution in [1.82, 2.24) is 14.3 Å². The molecule has 7 nitrogen and oxygen atoms in total. The Balaban J connectivity index is 1.48. The molecule has 0 aliphatic carbocycles. The smallest absolute Gasteiger partial charge is 0.393 e. The van der Waals surface area contributed by atoms with Gasteiger partial charge in [-0.15, -0.1) is 0 Å². The Hall–Kier alpha value is -3.86. The summed E-state index contributed by atoms with van der Waals surface area (Å²) in [7, 11) is 0. The fourth-order valence-electron chi connectivity index (χ4n) is 4.18. The Kier molecular flexibility index (Phi) is 5.95. The van der Waals surface area contributed by atoms with Crippen molar-refractivity contribution in [3.05, 3.63) is 77.3 Å². The summed E-state index contributed by atoms with van der Waals surface area (Å²) in [5.74, 6) is -1.80. The monoisotopic (exact) mass is 520 g/mol. The van der Waals surface area contributed by atoms with Crippen LogP contribution < -0.4 is 4.90 Å². The van der Waals surface area contributed by atoms with Crippen molar-refractivity contribution in [3.63, 3.8) is 0 Å². The molecule has 12 heteroatoms. The molecule has 3 aromatic heterocycles. The molecule has 1 aromatic carbocycles. The Morgan fingerprint density at radius 3 is 2.58 bits per heavy atom. The second-order valence-corrected chi connectivity index (χ2v) is 8.58. The molecular weight excluding hydrogens is 504 g/mol. The summed E-state index contributed by atoms with van der Waals surface area (Å²) in [4.78, 5) is 32.5.